The van der Waals surface area contributed by atoms with Crippen molar-refractivity contribution in [3.8, 4) is 0 Å². The molecule has 0 heterocycles. The first-order chi connectivity index (χ1) is 12.0. The number of quaternary nitrogens is 1. The fourth-order valence-corrected chi connectivity index (χ4v) is 5.10. The van der Waals surface area contributed by atoms with E-state index in [4.69, 9.17) is 69.6 Å². The Balaban J connectivity index is 0. The summed E-state index contributed by atoms with van der Waals surface area (Å²) in [7, 11) is 6.84. The quantitative estimate of drug-likeness (QED) is 0.236. The number of unbranched alkanes of at least 4 members (excludes halogenated alkanes) is 7. The second-order valence-corrected chi connectivity index (χ2v) is 11.2. The Morgan fingerprint density at radius 1 is 0.519 bits per heavy atom. The highest BCUT2D eigenvalue weighted by Gasteiger charge is 2.46. The highest BCUT2D eigenvalue weighted by Crippen LogP contribution is 2.39. The molecule has 1 rings (SSSR count). The van der Waals surface area contributed by atoms with Crippen LogP contribution in [0.4, 0.5) is 0 Å². The van der Waals surface area contributed by atoms with Gasteiger partial charge in [-0.15, -0.1) is 69.6 Å². The standard InChI is InChI=1S/C13H30N.C6H6Cl6.ClH/c1-5-6-7-8-9-10-11-12-13-14(2,3)4;7-1-2(8)4(10)6(12)5(11)3(1)9;/h5-13H2,1-4H3;1-6H;1H/q+1;;/p-1. The Bertz CT molecular complexity index is 293. The zero-order valence-electron chi connectivity index (χ0n) is 16.9. The van der Waals surface area contributed by atoms with E-state index in [1.807, 2.05) is 0 Å². The Kier molecular flexibility index (Phi) is 19.2. The maximum atomic E-state index is 5.88. The first-order valence-corrected chi connectivity index (χ1v) is 12.3. The van der Waals surface area contributed by atoms with Crippen LogP contribution in [0.15, 0.2) is 0 Å². The minimum Gasteiger partial charge on any atom is -1.00 e. The molecule has 0 aromatic rings. The van der Waals surface area contributed by atoms with Gasteiger partial charge in [0.2, 0.25) is 0 Å². The van der Waals surface area contributed by atoms with E-state index in [0.29, 0.717) is 0 Å². The minimum atomic E-state index is -0.437. The third kappa shape index (κ3) is 13.8. The summed E-state index contributed by atoms with van der Waals surface area (Å²) in [4.78, 5) is 0. The van der Waals surface area contributed by atoms with Gasteiger partial charge in [0.1, 0.15) is 0 Å². The third-order valence-electron chi connectivity index (χ3n) is 4.51. The van der Waals surface area contributed by atoms with Gasteiger partial charge in [0.05, 0.1) is 60.0 Å². The van der Waals surface area contributed by atoms with Gasteiger partial charge in [0, 0.05) is 0 Å². The number of nitrogens with zero attached hydrogens (tertiary/aromatic N) is 1. The molecular formula is C19H36Cl7N. The van der Waals surface area contributed by atoms with Gasteiger partial charge >= 0.3 is 0 Å². The average Bonchev–Trinajstić information content (AvgIpc) is 2.58. The smallest absolute Gasteiger partial charge is 0.0780 e. The second-order valence-electron chi connectivity index (χ2n) is 8.16. The fraction of sp³-hybridized carbons (Fsp3) is 1.00. The Morgan fingerprint density at radius 2 is 0.778 bits per heavy atom. The summed E-state index contributed by atoms with van der Waals surface area (Å²) in [5, 5.41) is -2.62. The molecule has 1 saturated carbocycles. The van der Waals surface area contributed by atoms with E-state index < -0.39 is 32.3 Å². The summed E-state index contributed by atoms with van der Waals surface area (Å²) in [6.45, 7) is 3.61. The summed E-state index contributed by atoms with van der Waals surface area (Å²) in [5.74, 6) is 0. The van der Waals surface area contributed by atoms with Gasteiger partial charge in [0.15, 0.2) is 0 Å². The maximum absolute atomic E-state index is 5.88. The molecule has 166 valence electrons. The van der Waals surface area contributed by atoms with Crippen molar-refractivity contribution in [2.45, 2.75) is 90.6 Å². The van der Waals surface area contributed by atoms with Crippen LogP contribution < -0.4 is 12.4 Å². The first-order valence-electron chi connectivity index (χ1n) is 9.67. The molecule has 0 aromatic carbocycles. The molecule has 0 aromatic heterocycles. The van der Waals surface area contributed by atoms with E-state index in [-0.39, 0.29) is 12.4 Å². The minimum absolute atomic E-state index is 0. The molecule has 1 fully saturated rings. The molecule has 27 heavy (non-hydrogen) atoms. The summed E-state index contributed by atoms with van der Waals surface area (Å²) in [5.41, 5.74) is 0. The normalized spacial score (nSPS) is 30.9. The third-order valence-corrected chi connectivity index (χ3v) is 8.54. The molecule has 0 unspecified atom stereocenters. The largest absolute Gasteiger partial charge is 1.00 e. The van der Waals surface area contributed by atoms with Crippen molar-refractivity contribution in [3.05, 3.63) is 0 Å². The van der Waals surface area contributed by atoms with Crippen LogP contribution in [0, 0.1) is 0 Å². The van der Waals surface area contributed by atoms with Crippen molar-refractivity contribution >= 4 is 69.6 Å². The van der Waals surface area contributed by atoms with Crippen molar-refractivity contribution in [1.29, 1.82) is 0 Å². The summed E-state index contributed by atoms with van der Waals surface area (Å²) < 4.78 is 1.12. The molecule has 0 aliphatic heterocycles. The summed E-state index contributed by atoms with van der Waals surface area (Å²) in [6, 6.07) is 0. The van der Waals surface area contributed by atoms with Crippen molar-refractivity contribution in [2.24, 2.45) is 0 Å². The average molecular weight is 527 g/mol. The predicted molar refractivity (Wildman–Crippen MR) is 123 cm³/mol. The Hall–Kier alpha value is 1.99. The number of hydrogen-bond acceptors (Lipinski definition) is 0. The molecule has 0 spiro atoms. The van der Waals surface area contributed by atoms with Crippen LogP contribution in [0.25, 0.3) is 0 Å². The molecule has 1 aliphatic rings. The van der Waals surface area contributed by atoms with E-state index in [9.17, 15) is 0 Å². The van der Waals surface area contributed by atoms with Gasteiger partial charge in [-0.05, 0) is 12.8 Å². The van der Waals surface area contributed by atoms with Gasteiger partial charge in [-0.2, -0.15) is 0 Å². The molecule has 0 saturated heterocycles. The lowest BCUT2D eigenvalue weighted by molar-refractivity contribution is -0.870. The molecule has 0 atom stereocenters. The number of hydrogen-bond donors (Lipinski definition) is 0. The number of rotatable bonds is 9. The van der Waals surface area contributed by atoms with Crippen molar-refractivity contribution in [2.75, 3.05) is 27.7 Å². The highest BCUT2D eigenvalue weighted by atomic mass is 35.5. The monoisotopic (exact) mass is 523 g/mol. The van der Waals surface area contributed by atoms with Gasteiger partial charge in [-0.1, -0.05) is 45.4 Å². The van der Waals surface area contributed by atoms with Gasteiger partial charge in [-0.25, -0.2) is 0 Å². The summed E-state index contributed by atoms with van der Waals surface area (Å²) >= 11 is 35.3. The van der Waals surface area contributed by atoms with E-state index in [2.05, 4.69) is 28.1 Å². The lowest BCUT2D eigenvalue weighted by Gasteiger charge is -2.37. The molecule has 8 heteroatoms. The Labute approximate surface area is 203 Å². The van der Waals surface area contributed by atoms with Crippen LogP contribution >= 0.6 is 69.6 Å². The topological polar surface area (TPSA) is 0 Å². The van der Waals surface area contributed by atoms with E-state index in [1.54, 1.807) is 0 Å². The summed E-state index contributed by atoms with van der Waals surface area (Å²) in [6.07, 6.45) is 11.4. The zero-order chi connectivity index (χ0) is 20.3. The molecule has 1 aliphatic carbocycles. The molecule has 0 radical (unpaired) electrons. The predicted octanol–water partition coefficient (Wildman–Crippen LogP) is 4.48. The molecule has 1 nitrogen and oxygen atoms in total. The lowest BCUT2D eigenvalue weighted by atomic mass is 9.97. The highest BCUT2D eigenvalue weighted by molar-refractivity contribution is 6.45. The van der Waals surface area contributed by atoms with E-state index in [0.717, 1.165) is 4.48 Å². The fourth-order valence-electron chi connectivity index (χ4n) is 2.77. The number of halogens is 7. The SMILES string of the molecule is CCCCCCCCCC[N+](C)(C)C.ClC1C(Cl)C(Cl)C(Cl)C(Cl)C1Cl.[Cl-]. The molecular weight excluding hydrogens is 490 g/mol. The van der Waals surface area contributed by atoms with Crippen LogP contribution in [0.1, 0.15) is 58.3 Å². The van der Waals surface area contributed by atoms with Crippen molar-refractivity contribution in [3.63, 3.8) is 0 Å². The second kappa shape index (κ2) is 16.7. The maximum Gasteiger partial charge on any atom is 0.0780 e. The zero-order valence-corrected chi connectivity index (χ0v) is 22.2. The van der Waals surface area contributed by atoms with Gasteiger partial charge < -0.3 is 16.9 Å². The van der Waals surface area contributed by atoms with Crippen LogP contribution in [0.3, 0.4) is 0 Å². The first kappa shape index (κ1) is 31.2. The molecule has 0 N–H and O–H groups in total. The van der Waals surface area contributed by atoms with Crippen LogP contribution in [-0.2, 0) is 0 Å². The number of alkyl halides is 6. The Morgan fingerprint density at radius 3 is 1.04 bits per heavy atom. The van der Waals surface area contributed by atoms with Gasteiger partial charge in [0.25, 0.3) is 0 Å². The van der Waals surface area contributed by atoms with Crippen LogP contribution in [0.2, 0.25) is 0 Å². The molecule has 0 bridgehead atoms. The lowest BCUT2D eigenvalue weighted by Crippen LogP contribution is -3.00. The molecule has 0 amide bonds. The van der Waals surface area contributed by atoms with Crippen molar-refractivity contribution < 1.29 is 16.9 Å². The van der Waals surface area contributed by atoms with Crippen LogP contribution in [0.5, 0.6) is 0 Å². The van der Waals surface area contributed by atoms with E-state index >= 15 is 0 Å². The van der Waals surface area contributed by atoms with Gasteiger partial charge in [-0.3, -0.25) is 0 Å². The van der Waals surface area contributed by atoms with Crippen LogP contribution in [-0.4, -0.2) is 64.4 Å². The van der Waals surface area contributed by atoms with E-state index in [1.165, 1.54) is 57.9 Å². The van der Waals surface area contributed by atoms with Crippen molar-refractivity contribution in [1.82, 2.24) is 0 Å².